The van der Waals surface area contributed by atoms with E-state index in [1.54, 1.807) is 33.9 Å². The Hall–Kier alpha value is -1.84. The van der Waals surface area contributed by atoms with Gasteiger partial charge in [-0.15, -0.1) is 0 Å². The van der Waals surface area contributed by atoms with Gasteiger partial charge >= 0.3 is 6.09 Å². The molecular formula is C15H21NO3. The molecule has 1 amide bonds. The number of likely N-dealkylation sites (N-methyl/N-ethyl adjacent to an activating group) is 1. The quantitative estimate of drug-likeness (QED) is 0.787. The van der Waals surface area contributed by atoms with Crippen molar-refractivity contribution in [3.05, 3.63) is 35.4 Å². The van der Waals surface area contributed by atoms with Crippen molar-refractivity contribution in [1.82, 2.24) is 4.90 Å². The molecule has 0 radical (unpaired) electrons. The molecule has 0 saturated heterocycles. The Balaban J connectivity index is 2.67. The van der Waals surface area contributed by atoms with Gasteiger partial charge in [0.2, 0.25) is 0 Å². The van der Waals surface area contributed by atoms with E-state index in [1.807, 2.05) is 25.1 Å². The van der Waals surface area contributed by atoms with Crippen molar-refractivity contribution in [3.63, 3.8) is 0 Å². The summed E-state index contributed by atoms with van der Waals surface area (Å²) in [7, 11) is 1.56. The van der Waals surface area contributed by atoms with Crippen LogP contribution in [-0.4, -0.2) is 36.0 Å². The van der Waals surface area contributed by atoms with E-state index in [2.05, 4.69) is 0 Å². The van der Waals surface area contributed by atoms with Crippen molar-refractivity contribution in [3.8, 4) is 0 Å². The molecule has 4 heteroatoms. The van der Waals surface area contributed by atoms with Crippen LogP contribution >= 0.6 is 0 Å². The average molecular weight is 263 g/mol. The molecule has 104 valence electrons. The number of hydrogen-bond acceptors (Lipinski definition) is 3. The maximum atomic E-state index is 12.1. The normalized spacial score (nSPS) is 11.0. The van der Waals surface area contributed by atoms with Crippen LogP contribution in [0.5, 0.6) is 0 Å². The fourth-order valence-electron chi connectivity index (χ4n) is 1.59. The van der Waals surface area contributed by atoms with Gasteiger partial charge in [0.1, 0.15) is 5.60 Å². The van der Waals surface area contributed by atoms with Crippen molar-refractivity contribution in [1.29, 1.82) is 0 Å². The van der Waals surface area contributed by atoms with Crippen LogP contribution < -0.4 is 0 Å². The van der Waals surface area contributed by atoms with Crippen LogP contribution in [0.15, 0.2) is 24.3 Å². The molecule has 0 aliphatic carbocycles. The lowest BCUT2D eigenvalue weighted by molar-refractivity contribution is 0.0294. The van der Waals surface area contributed by atoms with Crippen LogP contribution in [0.4, 0.5) is 4.79 Å². The molecule has 0 aliphatic heterocycles. The zero-order valence-electron chi connectivity index (χ0n) is 12.2. The van der Waals surface area contributed by atoms with Crippen molar-refractivity contribution < 1.29 is 14.3 Å². The van der Waals surface area contributed by atoms with Crippen molar-refractivity contribution in [2.24, 2.45) is 0 Å². The molecule has 4 nitrogen and oxygen atoms in total. The van der Waals surface area contributed by atoms with E-state index in [0.717, 1.165) is 5.56 Å². The molecule has 0 aliphatic rings. The van der Waals surface area contributed by atoms with Gasteiger partial charge in [-0.3, -0.25) is 4.79 Å². The largest absolute Gasteiger partial charge is 0.444 e. The van der Waals surface area contributed by atoms with E-state index in [0.29, 0.717) is 5.56 Å². The SMILES string of the molecule is Cc1ccccc1C(=O)CN(C)C(=O)OC(C)(C)C. The average Bonchev–Trinajstić information content (AvgIpc) is 2.27. The summed E-state index contributed by atoms with van der Waals surface area (Å²) in [6.07, 6.45) is -0.491. The smallest absolute Gasteiger partial charge is 0.410 e. The van der Waals surface area contributed by atoms with Crippen molar-refractivity contribution in [2.45, 2.75) is 33.3 Å². The van der Waals surface area contributed by atoms with Gasteiger partial charge in [0.15, 0.2) is 5.78 Å². The maximum absolute atomic E-state index is 12.1. The Labute approximate surface area is 114 Å². The first-order valence-corrected chi connectivity index (χ1v) is 6.23. The third kappa shape index (κ3) is 4.73. The lowest BCUT2D eigenvalue weighted by Gasteiger charge is -2.24. The molecule has 0 atom stereocenters. The predicted octanol–water partition coefficient (Wildman–Crippen LogP) is 3.04. The molecule has 0 unspecified atom stereocenters. The number of rotatable bonds is 3. The summed E-state index contributed by atoms with van der Waals surface area (Å²) in [5, 5.41) is 0. The number of hydrogen-bond donors (Lipinski definition) is 0. The van der Waals surface area contributed by atoms with Crippen LogP contribution in [0.25, 0.3) is 0 Å². The Morgan fingerprint density at radius 3 is 2.32 bits per heavy atom. The van der Waals surface area contributed by atoms with Gasteiger partial charge in [-0.1, -0.05) is 24.3 Å². The molecule has 0 heterocycles. The number of nitrogens with zero attached hydrogens (tertiary/aromatic N) is 1. The lowest BCUT2D eigenvalue weighted by Crippen LogP contribution is -2.37. The first-order valence-electron chi connectivity index (χ1n) is 6.23. The molecule has 0 aromatic heterocycles. The van der Waals surface area contributed by atoms with E-state index >= 15 is 0 Å². The summed E-state index contributed by atoms with van der Waals surface area (Å²) in [5.74, 6) is -0.0912. The van der Waals surface area contributed by atoms with Gasteiger partial charge < -0.3 is 9.64 Å². The van der Waals surface area contributed by atoms with Gasteiger partial charge in [0, 0.05) is 12.6 Å². The standard InChI is InChI=1S/C15H21NO3/c1-11-8-6-7-9-12(11)13(17)10-16(5)14(18)19-15(2,3)4/h6-9H,10H2,1-5H3. The van der Waals surface area contributed by atoms with Crippen molar-refractivity contribution in [2.75, 3.05) is 13.6 Å². The molecule has 0 saturated carbocycles. The van der Waals surface area contributed by atoms with Crippen LogP contribution in [0.2, 0.25) is 0 Å². The highest BCUT2D eigenvalue weighted by atomic mass is 16.6. The lowest BCUT2D eigenvalue weighted by atomic mass is 10.0. The zero-order valence-corrected chi connectivity index (χ0v) is 12.2. The molecule has 1 aromatic rings. The minimum atomic E-state index is -0.558. The number of benzene rings is 1. The maximum Gasteiger partial charge on any atom is 0.410 e. The summed E-state index contributed by atoms with van der Waals surface area (Å²) in [6, 6.07) is 7.33. The first kappa shape index (κ1) is 15.2. The monoisotopic (exact) mass is 263 g/mol. The van der Waals surface area contributed by atoms with Crippen molar-refractivity contribution >= 4 is 11.9 Å². The zero-order chi connectivity index (χ0) is 14.6. The highest BCUT2D eigenvalue weighted by Crippen LogP contribution is 2.11. The van der Waals surface area contributed by atoms with E-state index in [-0.39, 0.29) is 12.3 Å². The fourth-order valence-corrected chi connectivity index (χ4v) is 1.59. The Morgan fingerprint density at radius 2 is 1.79 bits per heavy atom. The first-order chi connectivity index (χ1) is 8.70. The molecule has 1 aromatic carbocycles. The van der Waals surface area contributed by atoms with Crippen LogP contribution in [0, 0.1) is 6.92 Å². The summed E-state index contributed by atoms with van der Waals surface area (Å²) in [6.45, 7) is 7.27. The number of carbonyl (C=O) groups excluding carboxylic acids is 2. The topological polar surface area (TPSA) is 46.6 Å². The van der Waals surface area contributed by atoms with E-state index in [9.17, 15) is 9.59 Å². The second-order valence-corrected chi connectivity index (χ2v) is 5.57. The second kappa shape index (κ2) is 5.87. The molecule has 0 spiro atoms. The Kier molecular flexibility index (Phi) is 4.70. The van der Waals surface area contributed by atoms with Gasteiger partial charge in [-0.25, -0.2) is 4.79 Å². The second-order valence-electron chi connectivity index (χ2n) is 5.57. The fraction of sp³-hybridized carbons (Fsp3) is 0.467. The number of amides is 1. The van der Waals surface area contributed by atoms with Gasteiger partial charge in [0.25, 0.3) is 0 Å². The summed E-state index contributed by atoms with van der Waals surface area (Å²) >= 11 is 0. The summed E-state index contributed by atoms with van der Waals surface area (Å²) in [4.78, 5) is 25.2. The number of Topliss-reactive ketones (excluding diaryl/α,β-unsaturated/α-hetero) is 1. The van der Waals surface area contributed by atoms with E-state index in [4.69, 9.17) is 4.74 Å². The minimum Gasteiger partial charge on any atom is -0.444 e. The summed E-state index contributed by atoms with van der Waals surface area (Å²) < 4.78 is 5.20. The third-order valence-electron chi connectivity index (χ3n) is 2.53. The van der Waals surface area contributed by atoms with Gasteiger partial charge in [0.05, 0.1) is 6.54 Å². The molecule has 1 rings (SSSR count). The van der Waals surface area contributed by atoms with Gasteiger partial charge in [-0.05, 0) is 33.3 Å². The Morgan fingerprint density at radius 1 is 1.21 bits per heavy atom. The number of carbonyl (C=O) groups is 2. The highest BCUT2D eigenvalue weighted by Gasteiger charge is 2.21. The highest BCUT2D eigenvalue weighted by molar-refractivity contribution is 6.00. The molecular weight excluding hydrogens is 242 g/mol. The molecule has 0 bridgehead atoms. The molecule has 0 fully saturated rings. The summed E-state index contributed by atoms with van der Waals surface area (Å²) in [5.41, 5.74) is 0.986. The minimum absolute atomic E-state index is 0.0137. The Bertz CT molecular complexity index is 475. The molecule has 0 N–H and O–H groups in total. The number of aryl methyl sites for hydroxylation is 1. The molecule has 19 heavy (non-hydrogen) atoms. The van der Waals surface area contributed by atoms with Crippen LogP contribution in [0.3, 0.4) is 0 Å². The third-order valence-corrected chi connectivity index (χ3v) is 2.53. The van der Waals surface area contributed by atoms with E-state index in [1.165, 1.54) is 4.90 Å². The number of ketones is 1. The van der Waals surface area contributed by atoms with Crippen LogP contribution in [0.1, 0.15) is 36.7 Å². The van der Waals surface area contributed by atoms with Crippen LogP contribution in [-0.2, 0) is 4.74 Å². The van der Waals surface area contributed by atoms with Gasteiger partial charge in [-0.2, -0.15) is 0 Å². The van der Waals surface area contributed by atoms with E-state index < -0.39 is 11.7 Å². The number of ether oxygens (including phenoxy) is 1. The predicted molar refractivity (Wildman–Crippen MR) is 74.4 cm³/mol.